The number of hydrogen-bond acceptors (Lipinski definition) is 15. The minimum absolute atomic E-state index is 0.665. The Morgan fingerprint density at radius 2 is 0.971 bits per heavy atom. The molecule has 11 N–H and O–H groups in total. The maximum absolute atomic E-state index is 12.5. The summed E-state index contributed by atoms with van der Waals surface area (Å²) in [7, 11) is 0. The van der Waals surface area contributed by atoms with Crippen molar-refractivity contribution >= 4 is 11.6 Å². The third kappa shape index (κ3) is 4.41. The Bertz CT molecular complexity index is 685. The van der Waals surface area contributed by atoms with Crippen molar-refractivity contribution < 1.29 is 75.2 Å². The van der Waals surface area contributed by atoms with Crippen LogP contribution in [0.4, 0.5) is 0 Å². The number of ketones is 2. The van der Waals surface area contributed by atoms with Crippen molar-refractivity contribution in [2.24, 2.45) is 0 Å². The molecule has 2 rings (SSSR count). The van der Waals surface area contributed by atoms with Crippen molar-refractivity contribution in [3.63, 3.8) is 0 Å². The van der Waals surface area contributed by atoms with Crippen LogP contribution in [0.5, 0.6) is 0 Å². The molecule has 0 bridgehead atoms. The maximum atomic E-state index is 12.5. The van der Waals surface area contributed by atoms with Crippen molar-refractivity contribution in [2.75, 3.05) is 13.2 Å². The van der Waals surface area contributed by atoms with Crippen LogP contribution in [0, 0.1) is 0 Å². The molecule has 2 aliphatic heterocycles. The first-order chi connectivity index (χ1) is 15.6. The maximum Gasteiger partial charge on any atom is 0.180 e. The first-order valence-electron chi connectivity index (χ1n) is 10.4. The van der Waals surface area contributed by atoms with Crippen LogP contribution in [0.1, 0.15) is 13.8 Å². The highest BCUT2D eigenvalue weighted by Gasteiger charge is 2.67. The van der Waals surface area contributed by atoms with Crippen LogP contribution >= 0.6 is 0 Å². The standard InChI is InChI=1S/C19H32O15/c1-5(22)18(31,15-13(28)11(26)9(24)7(3-20)33-15)17(30)19(32,6(2)23)16-14(29)12(27)10(25)8(4-21)34-16/h7-17,20-21,24-32H,3-4H2,1-2H3/t7-,8-,9+,10+,11+,12+,13-,14-,15?,16?,17?,18?,19?/m1/s1. The predicted molar refractivity (Wildman–Crippen MR) is 105 cm³/mol. The molecule has 0 aromatic carbocycles. The first-order valence-corrected chi connectivity index (χ1v) is 10.4. The highest BCUT2D eigenvalue weighted by atomic mass is 16.6. The van der Waals surface area contributed by atoms with Crippen LogP contribution in [0.2, 0.25) is 0 Å². The average Bonchev–Trinajstić information content (AvgIpc) is 2.79. The number of aliphatic hydroxyl groups is 11. The van der Waals surface area contributed by atoms with Gasteiger partial charge >= 0.3 is 0 Å². The third-order valence-electron chi connectivity index (χ3n) is 6.61. The lowest BCUT2D eigenvalue weighted by atomic mass is 9.69. The van der Waals surface area contributed by atoms with Crippen LogP contribution < -0.4 is 0 Å². The van der Waals surface area contributed by atoms with E-state index in [0.29, 0.717) is 13.8 Å². The van der Waals surface area contributed by atoms with Gasteiger partial charge in [-0.05, 0) is 13.8 Å². The summed E-state index contributed by atoms with van der Waals surface area (Å²) in [4.78, 5) is 25.1. The summed E-state index contributed by atoms with van der Waals surface area (Å²) >= 11 is 0. The second-order valence-corrected chi connectivity index (χ2v) is 8.66. The third-order valence-corrected chi connectivity index (χ3v) is 6.61. The molecule has 0 aromatic rings. The number of hydrogen-bond donors (Lipinski definition) is 11. The van der Waals surface area contributed by atoms with Gasteiger partial charge in [-0.2, -0.15) is 0 Å². The molecule has 34 heavy (non-hydrogen) atoms. The Morgan fingerprint density at radius 1 is 0.676 bits per heavy atom. The van der Waals surface area contributed by atoms with Gasteiger partial charge in [0.15, 0.2) is 22.8 Å². The van der Waals surface area contributed by atoms with Gasteiger partial charge in [-0.1, -0.05) is 0 Å². The molecule has 198 valence electrons. The molecule has 0 spiro atoms. The van der Waals surface area contributed by atoms with Gasteiger partial charge in [-0.3, -0.25) is 9.59 Å². The fourth-order valence-corrected chi connectivity index (χ4v) is 4.36. The normalized spacial score (nSPS) is 43.4. The van der Waals surface area contributed by atoms with E-state index in [9.17, 15) is 65.8 Å². The SMILES string of the molecule is CC(=O)C(O)(C1O[C@H](CO)[C@H](O)[C@H](O)[C@H]1O)C(O)C(O)(C(C)=O)C1O[C@H](CO)[C@H](O)[C@H](O)[C@H]1O. The summed E-state index contributed by atoms with van der Waals surface area (Å²) < 4.78 is 10.3. The highest BCUT2D eigenvalue weighted by molar-refractivity contribution is 5.91. The molecule has 12 atom stereocenters. The number of ether oxygens (including phenoxy) is 2. The minimum atomic E-state index is -3.44. The number of Topliss-reactive ketones (excluding diaryl/α,β-unsaturated/α-hetero) is 2. The average molecular weight is 500 g/mol. The molecule has 0 saturated carbocycles. The second kappa shape index (κ2) is 10.4. The largest absolute Gasteiger partial charge is 0.394 e. The molecule has 0 aromatic heterocycles. The van der Waals surface area contributed by atoms with E-state index in [1.807, 2.05) is 0 Å². The fraction of sp³-hybridized carbons (Fsp3) is 0.895. The summed E-state index contributed by atoms with van der Waals surface area (Å²) in [6.45, 7) is -0.624. The van der Waals surface area contributed by atoms with Crippen LogP contribution in [-0.4, -0.2) is 159 Å². The Morgan fingerprint density at radius 3 is 1.21 bits per heavy atom. The Kier molecular flexibility index (Phi) is 8.92. The molecule has 2 heterocycles. The Balaban J connectivity index is 2.61. The van der Waals surface area contributed by atoms with E-state index >= 15 is 0 Å². The van der Waals surface area contributed by atoms with Crippen LogP contribution in [0.25, 0.3) is 0 Å². The zero-order valence-electron chi connectivity index (χ0n) is 18.3. The molecular weight excluding hydrogens is 468 g/mol. The van der Waals surface area contributed by atoms with E-state index in [-0.39, 0.29) is 0 Å². The number of carbonyl (C=O) groups is 2. The monoisotopic (exact) mass is 500 g/mol. The Labute approximate surface area is 193 Å². The van der Waals surface area contributed by atoms with E-state index in [1.165, 1.54) is 0 Å². The van der Waals surface area contributed by atoms with Gasteiger partial charge in [-0.15, -0.1) is 0 Å². The molecule has 0 amide bonds. The lowest BCUT2D eigenvalue weighted by molar-refractivity contribution is -0.312. The fourth-order valence-electron chi connectivity index (χ4n) is 4.36. The first kappa shape index (κ1) is 29.1. The zero-order chi connectivity index (χ0) is 26.3. The molecule has 4 unspecified atom stereocenters. The van der Waals surface area contributed by atoms with E-state index in [2.05, 4.69) is 0 Å². The van der Waals surface area contributed by atoms with Gasteiger partial charge in [-0.25, -0.2) is 0 Å². The van der Waals surface area contributed by atoms with Gasteiger partial charge in [0.2, 0.25) is 0 Å². The summed E-state index contributed by atoms with van der Waals surface area (Å²) in [5, 5.41) is 113. The highest BCUT2D eigenvalue weighted by Crippen LogP contribution is 2.39. The molecule has 15 heteroatoms. The van der Waals surface area contributed by atoms with Crippen molar-refractivity contribution in [1.29, 1.82) is 0 Å². The molecule has 2 fully saturated rings. The van der Waals surface area contributed by atoms with E-state index in [4.69, 9.17) is 9.47 Å². The summed E-state index contributed by atoms with van der Waals surface area (Å²) in [6, 6.07) is 0. The van der Waals surface area contributed by atoms with Gasteiger partial charge < -0.3 is 65.6 Å². The molecule has 2 saturated heterocycles. The summed E-state index contributed by atoms with van der Waals surface area (Å²) in [5.74, 6) is -2.85. The van der Waals surface area contributed by atoms with Gasteiger partial charge in [0.05, 0.1) is 13.2 Å². The van der Waals surface area contributed by atoms with Crippen LogP contribution in [0.3, 0.4) is 0 Å². The summed E-state index contributed by atoms with van der Waals surface area (Å²) in [5.41, 5.74) is -6.87. The van der Waals surface area contributed by atoms with Crippen molar-refractivity contribution in [3.05, 3.63) is 0 Å². The van der Waals surface area contributed by atoms with Crippen LogP contribution in [0.15, 0.2) is 0 Å². The minimum Gasteiger partial charge on any atom is -0.394 e. The molecule has 15 nitrogen and oxygen atoms in total. The van der Waals surface area contributed by atoms with Crippen LogP contribution in [-0.2, 0) is 19.1 Å². The topological polar surface area (TPSA) is 275 Å². The smallest absolute Gasteiger partial charge is 0.180 e. The van der Waals surface area contributed by atoms with E-state index in [1.54, 1.807) is 0 Å². The van der Waals surface area contributed by atoms with Gasteiger partial charge in [0.25, 0.3) is 0 Å². The zero-order valence-corrected chi connectivity index (χ0v) is 18.3. The predicted octanol–water partition coefficient (Wildman–Crippen LogP) is -7.33. The van der Waals surface area contributed by atoms with Gasteiger partial charge in [0, 0.05) is 0 Å². The molecule has 0 radical (unpaired) electrons. The number of carbonyl (C=O) groups excluding carboxylic acids is 2. The molecule has 2 aliphatic rings. The van der Waals surface area contributed by atoms with Gasteiger partial charge in [0.1, 0.15) is 67.1 Å². The Hall–Kier alpha value is -1.18. The molecular formula is C19H32O15. The number of aliphatic hydroxyl groups excluding tert-OH is 9. The number of rotatable bonds is 8. The van der Waals surface area contributed by atoms with Crippen molar-refractivity contribution in [2.45, 2.75) is 92.2 Å². The van der Waals surface area contributed by atoms with E-state index in [0.717, 1.165) is 0 Å². The quantitative estimate of drug-likeness (QED) is 0.148. The lowest BCUT2D eigenvalue weighted by Crippen LogP contribution is -2.78. The summed E-state index contributed by atoms with van der Waals surface area (Å²) in [6.07, 6.45) is -23.6. The second-order valence-electron chi connectivity index (χ2n) is 8.66. The van der Waals surface area contributed by atoms with Crippen molar-refractivity contribution in [1.82, 2.24) is 0 Å². The van der Waals surface area contributed by atoms with Crippen molar-refractivity contribution in [3.8, 4) is 0 Å². The molecule has 0 aliphatic carbocycles. The van der Waals surface area contributed by atoms with E-state index < -0.39 is 103 Å². The lowest BCUT2D eigenvalue weighted by Gasteiger charge is -2.52.